The summed E-state index contributed by atoms with van der Waals surface area (Å²) in [5.41, 5.74) is 3.31. The molecule has 0 spiro atoms. The van der Waals surface area contributed by atoms with Crippen LogP contribution in [0.3, 0.4) is 0 Å². The van der Waals surface area contributed by atoms with Crippen molar-refractivity contribution in [1.82, 2.24) is 9.88 Å². The van der Waals surface area contributed by atoms with Gasteiger partial charge in [-0.25, -0.2) is 0 Å². The minimum absolute atomic E-state index is 0.00815. The van der Waals surface area contributed by atoms with E-state index < -0.39 is 0 Å². The summed E-state index contributed by atoms with van der Waals surface area (Å²) in [5.74, 6) is 0.116. The summed E-state index contributed by atoms with van der Waals surface area (Å²) < 4.78 is 0. The Morgan fingerprint density at radius 2 is 2.35 bits per heavy atom. The normalized spacial score (nSPS) is 18.9. The van der Waals surface area contributed by atoms with Gasteiger partial charge in [0.2, 0.25) is 5.91 Å². The fourth-order valence-electron chi connectivity index (χ4n) is 3.21. The first-order valence-corrected chi connectivity index (χ1v) is 7.16. The Hall–Kier alpha value is -1.81. The van der Waals surface area contributed by atoms with Crippen molar-refractivity contribution in [3.05, 3.63) is 35.5 Å². The first-order valence-electron chi connectivity index (χ1n) is 7.16. The van der Waals surface area contributed by atoms with Crippen LogP contribution in [0, 0.1) is 6.92 Å². The molecule has 4 nitrogen and oxygen atoms in total. The molecule has 0 saturated carbocycles. The van der Waals surface area contributed by atoms with Crippen molar-refractivity contribution in [1.29, 1.82) is 0 Å². The quantitative estimate of drug-likeness (QED) is 0.898. The van der Waals surface area contributed by atoms with E-state index in [0.29, 0.717) is 6.42 Å². The highest BCUT2D eigenvalue weighted by atomic mass is 16.3. The lowest BCUT2D eigenvalue weighted by Gasteiger charge is -2.23. The summed E-state index contributed by atoms with van der Waals surface area (Å²) in [7, 11) is 0. The number of aromatic nitrogens is 1. The zero-order chi connectivity index (χ0) is 14.1. The number of aliphatic hydroxyl groups is 1. The Morgan fingerprint density at radius 1 is 1.50 bits per heavy atom. The molecule has 0 unspecified atom stereocenters. The highest BCUT2D eigenvalue weighted by Crippen LogP contribution is 2.24. The van der Waals surface area contributed by atoms with Gasteiger partial charge in [-0.3, -0.25) is 4.79 Å². The van der Waals surface area contributed by atoms with Gasteiger partial charge in [0.15, 0.2) is 0 Å². The van der Waals surface area contributed by atoms with Gasteiger partial charge in [0.25, 0.3) is 0 Å². The molecule has 1 amide bonds. The van der Waals surface area contributed by atoms with Crippen LogP contribution in [0.2, 0.25) is 0 Å². The number of carbonyl (C=O) groups is 1. The van der Waals surface area contributed by atoms with Gasteiger partial charge in [-0.1, -0.05) is 12.1 Å². The van der Waals surface area contributed by atoms with E-state index in [1.165, 1.54) is 5.56 Å². The third kappa shape index (κ3) is 2.20. The zero-order valence-electron chi connectivity index (χ0n) is 11.7. The van der Waals surface area contributed by atoms with Crippen molar-refractivity contribution in [2.75, 3.05) is 13.2 Å². The van der Waals surface area contributed by atoms with E-state index in [-0.39, 0.29) is 18.6 Å². The molecule has 2 heterocycles. The molecule has 1 aliphatic rings. The highest BCUT2D eigenvalue weighted by Gasteiger charge is 2.28. The maximum Gasteiger partial charge on any atom is 0.227 e. The summed E-state index contributed by atoms with van der Waals surface area (Å²) in [6.07, 6.45) is 4.24. The Balaban J connectivity index is 1.84. The first kappa shape index (κ1) is 13.2. The molecule has 3 rings (SSSR count). The van der Waals surface area contributed by atoms with Crippen molar-refractivity contribution in [2.45, 2.75) is 32.2 Å². The van der Waals surface area contributed by atoms with Crippen LogP contribution >= 0.6 is 0 Å². The molecule has 1 saturated heterocycles. The molecule has 1 aromatic carbocycles. The molecule has 1 atom stereocenters. The molecule has 0 aliphatic carbocycles. The number of aliphatic hydroxyl groups excluding tert-OH is 1. The molecule has 1 aliphatic heterocycles. The minimum Gasteiger partial charge on any atom is -0.394 e. The summed E-state index contributed by atoms with van der Waals surface area (Å²) in [4.78, 5) is 17.5. The van der Waals surface area contributed by atoms with Gasteiger partial charge in [-0.15, -0.1) is 0 Å². The third-order valence-corrected chi connectivity index (χ3v) is 4.25. The number of fused-ring (bicyclic) bond motifs is 1. The number of nitrogens with zero attached hydrogens (tertiary/aromatic N) is 1. The molecule has 106 valence electrons. The molecule has 2 aromatic rings. The molecular formula is C16H20N2O2. The predicted molar refractivity (Wildman–Crippen MR) is 78.6 cm³/mol. The summed E-state index contributed by atoms with van der Waals surface area (Å²) >= 11 is 0. The third-order valence-electron chi connectivity index (χ3n) is 4.25. The van der Waals surface area contributed by atoms with E-state index >= 15 is 0 Å². The van der Waals surface area contributed by atoms with Crippen molar-refractivity contribution in [2.24, 2.45) is 0 Å². The number of carbonyl (C=O) groups excluding carboxylic acids is 1. The van der Waals surface area contributed by atoms with Crippen LogP contribution in [0.4, 0.5) is 0 Å². The molecule has 4 heteroatoms. The lowest BCUT2D eigenvalue weighted by molar-refractivity contribution is -0.131. The second-order valence-corrected chi connectivity index (χ2v) is 5.55. The first-order chi connectivity index (χ1) is 9.70. The average molecular weight is 272 g/mol. The molecule has 0 radical (unpaired) electrons. The lowest BCUT2D eigenvalue weighted by atomic mass is 10.0. The van der Waals surface area contributed by atoms with Gasteiger partial charge in [0.1, 0.15) is 0 Å². The molecule has 0 bridgehead atoms. The van der Waals surface area contributed by atoms with Gasteiger partial charge in [-0.2, -0.15) is 0 Å². The second kappa shape index (κ2) is 5.29. The number of likely N-dealkylation sites (tertiary alicyclic amines) is 1. The van der Waals surface area contributed by atoms with Crippen LogP contribution in [-0.2, 0) is 11.2 Å². The van der Waals surface area contributed by atoms with Crippen LogP contribution in [0.15, 0.2) is 24.4 Å². The number of hydrogen-bond donors (Lipinski definition) is 2. The topological polar surface area (TPSA) is 56.3 Å². The van der Waals surface area contributed by atoms with Crippen molar-refractivity contribution in [3.63, 3.8) is 0 Å². The van der Waals surface area contributed by atoms with E-state index in [0.717, 1.165) is 35.9 Å². The van der Waals surface area contributed by atoms with Gasteiger partial charge in [0, 0.05) is 23.6 Å². The van der Waals surface area contributed by atoms with E-state index in [9.17, 15) is 9.90 Å². The lowest BCUT2D eigenvalue weighted by Crippen LogP contribution is -2.38. The standard InChI is InChI=1S/C16H20N2O2/c1-11-4-2-6-14-16(11)12(9-17-14)8-15(20)18-7-3-5-13(18)10-19/h2,4,6,9,13,17,19H,3,5,7-8,10H2,1H3/t13-/m1/s1. The van der Waals surface area contributed by atoms with E-state index in [1.807, 2.05) is 23.2 Å². The van der Waals surface area contributed by atoms with Crippen LogP contribution < -0.4 is 0 Å². The summed E-state index contributed by atoms with van der Waals surface area (Å²) in [5, 5.41) is 10.5. The van der Waals surface area contributed by atoms with Crippen LogP contribution in [0.1, 0.15) is 24.0 Å². The van der Waals surface area contributed by atoms with Crippen LogP contribution in [0.25, 0.3) is 10.9 Å². The zero-order valence-corrected chi connectivity index (χ0v) is 11.7. The fraction of sp³-hybridized carbons (Fsp3) is 0.438. The summed E-state index contributed by atoms with van der Waals surface area (Å²) in [6.45, 7) is 2.90. The monoisotopic (exact) mass is 272 g/mol. The van der Waals surface area contributed by atoms with E-state index in [1.54, 1.807) is 0 Å². The van der Waals surface area contributed by atoms with Gasteiger partial charge in [0.05, 0.1) is 19.1 Å². The van der Waals surface area contributed by atoms with Gasteiger partial charge < -0.3 is 15.0 Å². The SMILES string of the molecule is Cc1cccc2[nH]cc(CC(=O)N3CCC[C@@H]3CO)c12. The van der Waals surface area contributed by atoms with Crippen molar-refractivity contribution >= 4 is 16.8 Å². The molecule has 2 N–H and O–H groups in total. The predicted octanol–water partition coefficient (Wildman–Crippen LogP) is 2.00. The number of rotatable bonds is 3. The fourth-order valence-corrected chi connectivity index (χ4v) is 3.21. The van der Waals surface area contributed by atoms with Crippen LogP contribution in [-0.4, -0.2) is 40.1 Å². The number of amides is 1. The number of aromatic amines is 1. The average Bonchev–Trinajstić information content (AvgIpc) is 3.06. The number of benzene rings is 1. The van der Waals surface area contributed by atoms with Crippen LogP contribution in [0.5, 0.6) is 0 Å². The maximum absolute atomic E-state index is 12.4. The van der Waals surface area contributed by atoms with Gasteiger partial charge >= 0.3 is 0 Å². The second-order valence-electron chi connectivity index (χ2n) is 5.55. The van der Waals surface area contributed by atoms with Gasteiger partial charge in [-0.05, 0) is 37.0 Å². The van der Waals surface area contributed by atoms with Crippen molar-refractivity contribution < 1.29 is 9.90 Å². The van der Waals surface area contributed by atoms with E-state index in [2.05, 4.69) is 18.0 Å². The Labute approximate surface area is 118 Å². The Kier molecular flexibility index (Phi) is 3.49. The van der Waals surface area contributed by atoms with E-state index in [4.69, 9.17) is 0 Å². The number of aryl methyl sites for hydroxylation is 1. The molecule has 20 heavy (non-hydrogen) atoms. The number of H-pyrrole nitrogens is 1. The summed E-state index contributed by atoms with van der Waals surface area (Å²) in [6, 6.07) is 6.12. The molecule has 1 aromatic heterocycles. The largest absolute Gasteiger partial charge is 0.394 e. The Bertz CT molecular complexity index is 632. The smallest absolute Gasteiger partial charge is 0.227 e. The number of hydrogen-bond acceptors (Lipinski definition) is 2. The van der Waals surface area contributed by atoms with Crippen molar-refractivity contribution in [3.8, 4) is 0 Å². The molecular weight excluding hydrogens is 252 g/mol. The maximum atomic E-state index is 12.4. The number of nitrogens with one attached hydrogen (secondary N) is 1. The minimum atomic E-state index is 0.00815. The highest BCUT2D eigenvalue weighted by molar-refractivity contribution is 5.91. The molecule has 1 fully saturated rings. The Morgan fingerprint density at radius 3 is 3.15 bits per heavy atom.